The van der Waals surface area contributed by atoms with Gasteiger partial charge >= 0.3 is 0 Å². The predicted octanol–water partition coefficient (Wildman–Crippen LogP) is 4.28. The first-order valence-electron chi connectivity index (χ1n) is 8.39. The molecule has 1 heterocycles. The maximum Gasteiger partial charge on any atom is 0.0692 e. The lowest BCUT2D eigenvalue weighted by molar-refractivity contribution is -0.0947. The lowest BCUT2D eigenvalue weighted by Gasteiger charge is -2.43. The van der Waals surface area contributed by atoms with E-state index in [2.05, 4.69) is 33.0 Å². The van der Waals surface area contributed by atoms with Gasteiger partial charge in [-0.15, -0.1) is 0 Å². The molecule has 1 aliphatic carbocycles. The Kier molecular flexibility index (Phi) is 4.94. The Hall–Kier alpha value is -0.0800. The molecule has 0 radical (unpaired) electrons. The van der Waals surface area contributed by atoms with Gasteiger partial charge in [0.15, 0.2) is 0 Å². The lowest BCUT2D eigenvalue weighted by Crippen LogP contribution is -2.50. The SMILES string of the molecule is CCC1(CC)CC(NC2CCC(C)(C)CC2)CCO1. The van der Waals surface area contributed by atoms with Crippen LogP contribution in [0.3, 0.4) is 0 Å². The van der Waals surface area contributed by atoms with Gasteiger partial charge in [-0.2, -0.15) is 0 Å². The number of hydrogen-bond donors (Lipinski definition) is 1. The Labute approximate surface area is 119 Å². The Morgan fingerprint density at radius 3 is 2.21 bits per heavy atom. The van der Waals surface area contributed by atoms with E-state index in [0.29, 0.717) is 11.5 Å². The molecule has 2 rings (SSSR count). The summed E-state index contributed by atoms with van der Waals surface area (Å²) in [5, 5.41) is 3.94. The minimum absolute atomic E-state index is 0.157. The molecule has 1 unspecified atom stereocenters. The minimum atomic E-state index is 0.157. The highest BCUT2D eigenvalue weighted by atomic mass is 16.5. The molecule has 0 spiro atoms. The summed E-state index contributed by atoms with van der Waals surface area (Å²) in [5.41, 5.74) is 0.730. The second-order valence-corrected chi connectivity index (χ2v) is 7.53. The zero-order valence-electron chi connectivity index (χ0n) is 13.4. The summed E-state index contributed by atoms with van der Waals surface area (Å²) in [5.74, 6) is 0. The van der Waals surface area contributed by atoms with Crippen molar-refractivity contribution in [3.63, 3.8) is 0 Å². The van der Waals surface area contributed by atoms with Crippen LogP contribution in [0.5, 0.6) is 0 Å². The van der Waals surface area contributed by atoms with Crippen LogP contribution in [0.25, 0.3) is 0 Å². The summed E-state index contributed by atoms with van der Waals surface area (Å²) in [4.78, 5) is 0. The molecule has 0 aromatic heterocycles. The van der Waals surface area contributed by atoms with Crippen LogP contribution in [0.15, 0.2) is 0 Å². The monoisotopic (exact) mass is 267 g/mol. The Balaban J connectivity index is 1.83. The third kappa shape index (κ3) is 3.95. The van der Waals surface area contributed by atoms with Crippen LogP contribution >= 0.6 is 0 Å². The van der Waals surface area contributed by atoms with Gasteiger partial charge in [-0.25, -0.2) is 0 Å². The molecule has 0 aromatic carbocycles. The molecule has 2 nitrogen and oxygen atoms in total. The molecule has 112 valence electrons. The maximum atomic E-state index is 6.08. The van der Waals surface area contributed by atoms with E-state index in [1.807, 2.05) is 0 Å². The van der Waals surface area contributed by atoms with Crippen molar-refractivity contribution in [2.75, 3.05) is 6.61 Å². The normalized spacial score (nSPS) is 31.3. The summed E-state index contributed by atoms with van der Waals surface area (Å²) in [6.45, 7) is 10.3. The summed E-state index contributed by atoms with van der Waals surface area (Å²) in [6.07, 6.45) is 10.2. The topological polar surface area (TPSA) is 21.3 Å². The third-order valence-electron chi connectivity index (χ3n) is 5.59. The fourth-order valence-electron chi connectivity index (χ4n) is 3.81. The molecule has 2 heteroatoms. The van der Waals surface area contributed by atoms with Gasteiger partial charge in [-0.05, 0) is 56.8 Å². The van der Waals surface area contributed by atoms with E-state index in [4.69, 9.17) is 4.74 Å². The van der Waals surface area contributed by atoms with Gasteiger partial charge in [0.1, 0.15) is 0 Å². The molecule has 0 amide bonds. The third-order valence-corrected chi connectivity index (χ3v) is 5.59. The van der Waals surface area contributed by atoms with Gasteiger partial charge in [-0.1, -0.05) is 27.7 Å². The first-order chi connectivity index (χ1) is 8.99. The number of hydrogen-bond acceptors (Lipinski definition) is 2. The van der Waals surface area contributed by atoms with Crippen molar-refractivity contribution in [1.82, 2.24) is 5.32 Å². The average Bonchev–Trinajstić information content (AvgIpc) is 2.41. The summed E-state index contributed by atoms with van der Waals surface area (Å²) in [6, 6.07) is 1.43. The molecule has 1 saturated heterocycles. The number of rotatable bonds is 4. The van der Waals surface area contributed by atoms with Gasteiger partial charge in [0, 0.05) is 18.7 Å². The predicted molar refractivity (Wildman–Crippen MR) is 81.5 cm³/mol. The average molecular weight is 267 g/mol. The number of nitrogens with one attached hydrogen (secondary N) is 1. The molecule has 0 bridgehead atoms. The van der Waals surface area contributed by atoms with Crippen LogP contribution in [-0.4, -0.2) is 24.3 Å². The highest BCUT2D eigenvalue weighted by Crippen LogP contribution is 2.36. The van der Waals surface area contributed by atoms with Gasteiger partial charge < -0.3 is 10.1 Å². The zero-order valence-corrected chi connectivity index (χ0v) is 13.4. The molecule has 1 atom stereocenters. The summed E-state index contributed by atoms with van der Waals surface area (Å²) in [7, 11) is 0. The van der Waals surface area contributed by atoms with E-state index in [-0.39, 0.29) is 5.60 Å². The van der Waals surface area contributed by atoms with Crippen LogP contribution in [0.2, 0.25) is 0 Å². The summed E-state index contributed by atoms with van der Waals surface area (Å²) >= 11 is 0. The first kappa shape index (κ1) is 15.3. The van der Waals surface area contributed by atoms with Crippen molar-refractivity contribution in [3.8, 4) is 0 Å². The molecule has 19 heavy (non-hydrogen) atoms. The van der Waals surface area contributed by atoms with Gasteiger partial charge in [0.05, 0.1) is 5.60 Å². The maximum absolute atomic E-state index is 6.08. The highest BCUT2D eigenvalue weighted by Gasteiger charge is 2.36. The van der Waals surface area contributed by atoms with Crippen molar-refractivity contribution < 1.29 is 4.74 Å². The Morgan fingerprint density at radius 2 is 1.63 bits per heavy atom. The van der Waals surface area contributed by atoms with E-state index in [9.17, 15) is 0 Å². The van der Waals surface area contributed by atoms with Crippen molar-refractivity contribution in [2.24, 2.45) is 5.41 Å². The van der Waals surface area contributed by atoms with Gasteiger partial charge in [0.25, 0.3) is 0 Å². The first-order valence-corrected chi connectivity index (χ1v) is 8.39. The van der Waals surface area contributed by atoms with E-state index >= 15 is 0 Å². The van der Waals surface area contributed by atoms with Crippen LogP contribution in [0.1, 0.15) is 79.1 Å². The van der Waals surface area contributed by atoms with Crippen molar-refractivity contribution in [1.29, 1.82) is 0 Å². The molecule has 1 saturated carbocycles. The smallest absolute Gasteiger partial charge is 0.0692 e. The van der Waals surface area contributed by atoms with Crippen LogP contribution in [0, 0.1) is 5.41 Å². The fraction of sp³-hybridized carbons (Fsp3) is 1.00. The standard InChI is InChI=1S/C17H33NO/c1-5-17(6-2)13-15(9-12-19-17)18-14-7-10-16(3,4)11-8-14/h14-15,18H,5-13H2,1-4H3. The second kappa shape index (κ2) is 6.13. The molecule has 1 aliphatic heterocycles. The van der Waals surface area contributed by atoms with E-state index < -0.39 is 0 Å². The molecule has 0 aromatic rings. The van der Waals surface area contributed by atoms with Gasteiger partial charge in [-0.3, -0.25) is 0 Å². The molecule has 2 aliphatic rings. The number of ether oxygens (including phenoxy) is 1. The van der Waals surface area contributed by atoms with Gasteiger partial charge in [0.2, 0.25) is 0 Å². The Bertz CT molecular complexity index is 273. The largest absolute Gasteiger partial charge is 0.375 e. The van der Waals surface area contributed by atoms with Crippen LogP contribution < -0.4 is 5.32 Å². The van der Waals surface area contributed by atoms with Crippen molar-refractivity contribution in [3.05, 3.63) is 0 Å². The van der Waals surface area contributed by atoms with Crippen LogP contribution in [0.4, 0.5) is 0 Å². The fourth-order valence-corrected chi connectivity index (χ4v) is 3.81. The Morgan fingerprint density at radius 1 is 1.00 bits per heavy atom. The molecule has 2 fully saturated rings. The summed E-state index contributed by atoms with van der Waals surface area (Å²) < 4.78 is 6.08. The van der Waals surface area contributed by atoms with Crippen LogP contribution in [-0.2, 0) is 4.74 Å². The van der Waals surface area contributed by atoms with Crippen molar-refractivity contribution in [2.45, 2.75) is 96.7 Å². The second-order valence-electron chi connectivity index (χ2n) is 7.53. The zero-order chi connectivity index (χ0) is 13.9. The molecule has 1 N–H and O–H groups in total. The van der Waals surface area contributed by atoms with E-state index in [1.165, 1.54) is 38.5 Å². The highest BCUT2D eigenvalue weighted by molar-refractivity contribution is 4.91. The van der Waals surface area contributed by atoms with E-state index in [1.54, 1.807) is 0 Å². The minimum Gasteiger partial charge on any atom is -0.375 e. The van der Waals surface area contributed by atoms with E-state index in [0.717, 1.165) is 25.5 Å². The molecular formula is C17H33NO. The quantitative estimate of drug-likeness (QED) is 0.820. The van der Waals surface area contributed by atoms with Crippen molar-refractivity contribution >= 4 is 0 Å². The lowest BCUT2D eigenvalue weighted by atomic mass is 9.75. The molecular weight excluding hydrogens is 234 g/mol.